The quantitative estimate of drug-likeness (QED) is 0.829. The summed E-state index contributed by atoms with van der Waals surface area (Å²) in [6.07, 6.45) is 0. The second-order valence-corrected chi connectivity index (χ2v) is 7.24. The molecule has 20 heavy (non-hydrogen) atoms. The molecule has 1 atom stereocenters. The Balaban J connectivity index is 1.62. The molecule has 3 nitrogen and oxygen atoms in total. The zero-order chi connectivity index (χ0) is 13.5. The van der Waals surface area contributed by atoms with Crippen molar-refractivity contribution in [2.75, 3.05) is 32.7 Å². The third kappa shape index (κ3) is 2.33. The molecule has 3 aliphatic rings. The van der Waals surface area contributed by atoms with E-state index in [0.717, 1.165) is 16.7 Å². The molecule has 0 N–H and O–H groups in total. The van der Waals surface area contributed by atoms with Crippen molar-refractivity contribution in [3.63, 3.8) is 0 Å². The number of halogens is 1. The van der Waals surface area contributed by atoms with E-state index >= 15 is 0 Å². The summed E-state index contributed by atoms with van der Waals surface area (Å²) in [4.78, 5) is 10.0. The highest BCUT2D eigenvalue weighted by atomic mass is 79.9. The maximum absolute atomic E-state index is 4.89. The second-order valence-electron chi connectivity index (χ2n) is 5.43. The molecule has 1 unspecified atom stereocenters. The molecule has 0 aliphatic carbocycles. The summed E-state index contributed by atoms with van der Waals surface area (Å²) in [5, 5.41) is 3.46. The highest BCUT2D eigenvalue weighted by molar-refractivity contribution is 9.10. The second kappa shape index (κ2) is 5.22. The van der Waals surface area contributed by atoms with Crippen LogP contribution in [0.5, 0.6) is 0 Å². The van der Waals surface area contributed by atoms with Crippen LogP contribution in [0.3, 0.4) is 0 Å². The minimum absolute atomic E-state index is 0.503. The number of rotatable bonds is 2. The van der Waals surface area contributed by atoms with E-state index in [0.29, 0.717) is 6.04 Å². The molecule has 0 radical (unpaired) electrons. The van der Waals surface area contributed by atoms with Crippen LogP contribution >= 0.6 is 27.3 Å². The first-order valence-electron chi connectivity index (χ1n) is 6.97. The molecule has 5 heteroatoms. The Morgan fingerprint density at radius 3 is 2.75 bits per heavy atom. The summed E-state index contributed by atoms with van der Waals surface area (Å²) in [5.41, 5.74) is 2.29. The zero-order valence-electron chi connectivity index (χ0n) is 11.1. The van der Waals surface area contributed by atoms with Gasteiger partial charge in [-0.05, 0) is 12.1 Å². The number of fused-ring (bicyclic) bond motifs is 3. The van der Waals surface area contributed by atoms with Gasteiger partial charge < -0.3 is 0 Å². The van der Waals surface area contributed by atoms with Crippen molar-refractivity contribution in [2.45, 2.75) is 6.04 Å². The lowest BCUT2D eigenvalue weighted by Gasteiger charge is -2.46. The molecule has 104 valence electrons. The van der Waals surface area contributed by atoms with E-state index in [4.69, 9.17) is 4.98 Å². The third-order valence-electron chi connectivity index (χ3n) is 4.21. The highest BCUT2D eigenvalue weighted by Crippen LogP contribution is 2.33. The van der Waals surface area contributed by atoms with Gasteiger partial charge in [0.2, 0.25) is 0 Å². The van der Waals surface area contributed by atoms with E-state index in [9.17, 15) is 0 Å². The van der Waals surface area contributed by atoms with Crippen LogP contribution < -0.4 is 0 Å². The van der Waals surface area contributed by atoms with E-state index < -0.39 is 0 Å². The lowest BCUT2D eigenvalue weighted by molar-refractivity contribution is 0.0123. The molecule has 3 fully saturated rings. The maximum Gasteiger partial charge on any atom is 0.112 e. The molecule has 0 amide bonds. The predicted octanol–water partition coefficient (Wildman–Crippen LogP) is 3.24. The normalized spacial score (nSPS) is 28.8. The van der Waals surface area contributed by atoms with Gasteiger partial charge in [0.1, 0.15) is 5.01 Å². The Hall–Kier alpha value is -0.750. The van der Waals surface area contributed by atoms with Crippen molar-refractivity contribution in [1.29, 1.82) is 0 Å². The Morgan fingerprint density at radius 2 is 2.05 bits per heavy atom. The average molecular weight is 350 g/mol. The van der Waals surface area contributed by atoms with Crippen LogP contribution in [-0.4, -0.2) is 47.5 Å². The number of hydrogen-bond acceptors (Lipinski definition) is 4. The van der Waals surface area contributed by atoms with Crippen molar-refractivity contribution in [3.05, 3.63) is 39.1 Å². The number of piperazine rings is 3. The first kappa shape index (κ1) is 13.0. The number of thiazole rings is 1. The number of nitrogens with zero attached hydrogens (tertiary/aromatic N) is 3. The number of benzene rings is 1. The van der Waals surface area contributed by atoms with Gasteiger partial charge >= 0.3 is 0 Å². The Labute approximate surface area is 131 Å². The first-order valence-corrected chi connectivity index (χ1v) is 8.64. The highest BCUT2D eigenvalue weighted by Gasteiger charge is 2.34. The molecule has 0 saturated carbocycles. The molecule has 4 heterocycles. The third-order valence-corrected chi connectivity index (χ3v) is 5.65. The molecular weight excluding hydrogens is 334 g/mol. The molecule has 2 bridgehead atoms. The van der Waals surface area contributed by atoms with Gasteiger partial charge in [-0.2, -0.15) is 0 Å². The van der Waals surface area contributed by atoms with Gasteiger partial charge in [-0.15, -0.1) is 11.3 Å². The Bertz CT molecular complexity index is 619. The number of aromatic nitrogens is 1. The summed E-state index contributed by atoms with van der Waals surface area (Å²) >= 11 is 5.33. The van der Waals surface area contributed by atoms with E-state index in [1.807, 2.05) is 0 Å². The van der Waals surface area contributed by atoms with Gasteiger partial charge in [0.05, 0.1) is 11.7 Å². The van der Waals surface area contributed by atoms with Gasteiger partial charge in [-0.1, -0.05) is 28.1 Å². The van der Waals surface area contributed by atoms with Crippen molar-refractivity contribution in [3.8, 4) is 11.3 Å². The summed E-state index contributed by atoms with van der Waals surface area (Å²) in [7, 11) is 0. The van der Waals surface area contributed by atoms with Gasteiger partial charge in [0, 0.05) is 48.1 Å². The van der Waals surface area contributed by atoms with E-state index in [-0.39, 0.29) is 0 Å². The average Bonchev–Trinajstić information content (AvgIpc) is 2.98. The standard InChI is InChI=1S/C15H16BrN3S/c16-12-3-1-2-11(8-12)13-10-20-15(17-13)14-9-18-4-6-19(14)7-5-18/h1-3,8,10,14H,4-7,9H2. The molecule has 1 aromatic carbocycles. The molecule has 0 spiro atoms. The van der Waals surface area contributed by atoms with Crippen LogP contribution in [0.2, 0.25) is 0 Å². The largest absolute Gasteiger partial charge is 0.299 e. The lowest BCUT2D eigenvalue weighted by atomic mass is 10.1. The zero-order valence-corrected chi connectivity index (χ0v) is 13.5. The van der Waals surface area contributed by atoms with Crippen LogP contribution in [0.25, 0.3) is 11.3 Å². The fourth-order valence-electron chi connectivity index (χ4n) is 3.07. The lowest BCUT2D eigenvalue weighted by Crippen LogP contribution is -2.56. The summed E-state index contributed by atoms with van der Waals surface area (Å²) in [6, 6.07) is 8.88. The summed E-state index contributed by atoms with van der Waals surface area (Å²) < 4.78 is 1.11. The molecule has 5 rings (SSSR count). The molecule has 3 aliphatic heterocycles. The van der Waals surface area contributed by atoms with Gasteiger partial charge in [-0.3, -0.25) is 9.80 Å². The van der Waals surface area contributed by atoms with Crippen LogP contribution in [0.4, 0.5) is 0 Å². The smallest absolute Gasteiger partial charge is 0.112 e. The number of hydrogen-bond donors (Lipinski definition) is 0. The predicted molar refractivity (Wildman–Crippen MR) is 86.0 cm³/mol. The van der Waals surface area contributed by atoms with Crippen LogP contribution in [-0.2, 0) is 0 Å². The minimum Gasteiger partial charge on any atom is -0.299 e. The van der Waals surface area contributed by atoms with Crippen LogP contribution in [0.15, 0.2) is 34.1 Å². The summed E-state index contributed by atoms with van der Waals surface area (Å²) in [6.45, 7) is 5.97. The maximum atomic E-state index is 4.89. The van der Waals surface area contributed by atoms with Gasteiger partial charge in [-0.25, -0.2) is 4.98 Å². The van der Waals surface area contributed by atoms with Crippen LogP contribution in [0, 0.1) is 0 Å². The minimum atomic E-state index is 0.503. The fourth-order valence-corrected chi connectivity index (χ4v) is 4.43. The van der Waals surface area contributed by atoms with Crippen molar-refractivity contribution in [2.24, 2.45) is 0 Å². The molecule has 2 aromatic rings. The van der Waals surface area contributed by atoms with E-state index in [1.54, 1.807) is 11.3 Å². The molecular formula is C15H16BrN3S. The fraction of sp³-hybridized carbons (Fsp3) is 0.400. The molecule has 3 saturated heterocycles. The van der Waals surface area contributed by atoms with E-state index in [2.05, 4.69) is 55.4 Å². The summed E-state index contributed by atoms with van der Waals surface area (Å²) in [5.74, 6) is 0. The molecule has 1 aromatic heterocycles. The van der Waals surface area contributed by atoms with Crippen molar-refractivity contribution < 1.29 is 0 Å². The van der Waals surface area contributed by atoms with Crippen LogP contribution in [0.1, 0.15) is 11.0 Å². The van der Waals surface area contributed by atoms with Crippen molar-refractivity contribution >= 4 is 27.3 Å². The Kier molecular flexibility index (Phi) is 3.38. The monoisotopic (exact) mass is 349 g/mol. The van der Waals surface area contributed by atoms with Gasteiger partial charge in [0.25, 0.3) is 0 Å². The van der Waals surface area contributed by atoms with E-state index in [1.165, 1.54) is 36.8 Å². The topological polar surface area (TPSA) is 19.4 Å². The van der Waals surface area contributed by atoms with Gasteiger partial charge in [0.15, 0.2) is 0 Å². The van der Waals surface area contributed by atoms with Crippen molar-refractivity contribution in [1.82, 2.24) is 14.8 Å². The SMILES string of the molecule is Brc1cccc(-c2csc(C3CN4CCN3CC4)n2)c1. The Morgan fingerprint density at radius 1 is 1.20 bits per heavy atom. The first-order chi connectivity index (χ1) is 9.79.